The maximum atomic E-state index is 12.2. The van der Waals surface area contributed by atoms with Gasteiger partial charge in [0.2, 0.25) is 11.8 Å². The van der Waals surface area contributed by atoms with Gasteiger partial charge in [-0.15, -0.1) is 11.3 Å². The third kappa shape index (κ3) is 2.27. The molecule has 20 heavy (non-hydrogen) atoms. The van der Waals surface area contributed by atoms with Crippen LogP contribution in [0.3, 0.4) is 0 Å². The summed E-state index contributed by atoms with van der Waals surface area (Å²) in [6.07, 6.45) is 5.08. The number of rotatable bonds is 3. The van der Waals surface area contributed by atoms with E-state index in [0.717, 1.165) is 8.69 Å². The Morgan fingerprint density at radius 1 is 1.20 bits per heavy atom. The number of carbonyl (C=O) groups excluding carboxylic acids is 3. The van der Waals surface area contributed by atoms with Gasteiger partial charge in [0, 0.05) is 0 Å². The molecule has 1 aliphatic carbocycles. The molecule has 0 N–H and O–H groups in total. The van der Waals surface area contributed by atoms with Crippen LogP contribution in [-0.4, -0.2) is 29.0 Å². The Bertz CT molecular complexity index is 596. The maximum Gasteiger partial charge on any atom is 0.233 e. The van der Waals surface area contributed by atoms with Gasteiger partial charge in [-0.05, 0) is 40.9 Å². The van der Waals surface area contributed by atoms with E-state index in [4.69, 9.17) is 0 Å². The first-order valence-corrected chi connectivity index (χ1v) is 7.97. The maximum absolute atomic E-state index is 12.2. The van der Waals surface area contributed by atoms with Crippen LogP contribution in [0.15, 0.2) is 28.1 Å². The molecular formula is C14H12BrNO3S. The molecule has 2 atom stereocenters. The number of hydrogen-bond donors (Lipinski definition) is 0. The van der Waals surface area contributed by atoms with Crippen LogP contribution in [0.4, 0.5) is 0 Å². The minimum absolute atomic E-state index is 0.141. The molecule has 3 rings (SSSR count). The van der Waals surface area contributed by atoms with Gasteiger partial charge in [-0.3, -0.25) is 19.3 Å². The highest BCUT2D eigenvalue weighted by atomic mass is 79.9. The Morgan fingerprint density at radius 2 is 1.80 bits per heavy atom. The van der Waals surface area contributed by atoms with Gasteiger partial charge in [-0.1, -0.05) is 12.2 Å². The van der Waals surface area contributed by atoms with Crippen LogP contribution < -0.4 is 0 Å². The highest BCUT2D eigenvalue weighted by Gasteiger charge is 2.47. The van der Waals surface area contributed by atoms with Crippen LogP contribution in [0.1, 0.15) is 22.5 Å². The second-order valence-electron chi connectivity index (χ2n) is 4.95. The number of amides is 2. The molecule has 0 aromatic carbocycles. The highest BCUT2D eigenvalue weighted by molar-refractivity contribution is 9.11. The number of allylic oxidation sites excluding steroid dienone is 2. The third-order valence-electron chi connectivity index (χ3n) is 3.75. The molecule has 6 heteroatoms. The number of nitrogens with zero attached hydrogens (tertiary/aromatic N) is 1. The van der Waals surface area contributed by atoms with Crippen molar-refractivity contribution in [2.45, 2.75) is 12.8 Å². The topological polar surface area (TPSA) is 54.5 Å². The molecule has 104 valence electrons. The summed E-state index contributed by atoms with van der Waals surface area (Å²) in [6, 6.07) is 3.49. The van der Waals surface area contributed by atoms with Gasteiger partial charge in [0.15, 0.2) is 5.78 Å². The summed E-state index contributed by atoms with van der Waals surface area (Å²) in [5.74, 6) is -1.12. The molecule has 1 aromatic rings. The van der Waals surface area contributed by atoms with E-state index in [1.807, 2.05) is 12.2 Å². The number of fused-ring (bicyclic) bond motifs is 1. The van der Waals surface area contributed by atoms with Gasteiger partial charge in [-0.2, -0.15) is 0 Å². The summed E-state index contributed by atoms with van der Waals surface area (Å²) in [4.78, 5) is 38.3. The summed E-state index contributed by atoms with van der Waals surface area (Å²) < 4.78 is 0.859. The lowest BCUT2D eigenvalue weighted by atomic mass is 9.85. The van der Waals surface area contributed by atoms with Crippen molar-refractivity contribution in [3.63, 3.8) is 0 Å². The van der Waals surface area contributed by atoms with Gasteiger partial charge >= 0.3 is 0 Å². The molecule has 1 aromatic heterocycles. The second-order valence-corrected chi connectivity index (χ2v) is 7.41. The monoisotopic (exact) mass is 353 g/mol. The Balaban J connectivity index is 1.76. The zero-order chi connectivity index (χ0) is 14.3. The van der Waals surface area contributed by atoms with E-state index in [-0.39, 0.29) is 36.0 Å². The summed E-state index contributed by atoms with van der Waals surface area (Å²) in [6.45, 7) is -0.141. The van der Waals surface area contributed by atoms with Crippen molar-refractivity contribution < 1.29 is 14.4 Å². The predicted octanol–water partition coefficient (Wildman–Crippen LogP) is 2.64. The molecule has 2 amide bonds. The van der Waals surface area contributed by atoms with Crippen molar-refractivity contribution >= 4 is 44.9 Å². The third-order valence-corrected chi connectivity index (χ3v) is 5.41. The van der Waals surface area contributed by atoms with Gasteiger partial charge in [0.1, 0.15) is 0 Å². The fourth-order valence-corrected chi connectivity index (χ4v) is 4.03. The van der Waals surface area contributed by atoms with E-state index in [9.17, 15) is 14.4 Å². The lowest BCUT2D eigenvalue weighted by Crippen LogP contribution is -2.35. The first kappa shape index (κ1) is 13.7. The molecule has 2 aliphatic rings. The molecule has 0 spiro atoms. The smallest absolute Gasteiger partial charge is 0.233 e. The molecule has 2 heterocycles. The fourth-order valence-electron chi connectivity index (χ4n) is 2.71. The number of Topliss-reactive ketones (excluding diaryl/α,β-unsaturated/α-hetero) is 1. The van der Waals surface area contributed by atoms with E-state index in [1.165, 1.54) is 11.3 Å². The van der Waals surface area contributed by atoms with Crippen LogP contribution in [0.5, 0.6) is 0 Å². The predicted molar refractivity (Wildman–Crippen MR) is 78.4 cm³/mol. The van der Waals surface area contributed by atoms with Crippen molar-refractivity contribution in [3.8, 4) is 0 Å². The number of imide groups is 1. The highest BCUT2D eigenvalue weighted by Crippen LogP contribution is 2.35. The van der Waals surface area contributed by atoms with Crippen LogP contribution >= 0.6 is 27.3 Å². The number of ketones is 1. The lowest BCUT2D eigenvalue weighted by molar-refractivity contribution is -0.139. The summed E-state index contributed by atoms with van der Waals surface area (Å²) in [5, 5.41) is 0. The minimum atomic E-state index is -0.268. The molecule has 4 nitrogen and oxygen atoms in total. The van der Waals surface area contributed by atoms with E-state index in [0.29, 0.717) is 17.7 Å². The van der Waals surface area contributed by atoms with Gasteiger partial charge < -0.3 is 0 Å². The van der Waals surface area contributed by atoms with Gasteiger partial charge in [-0.25, -0.2) is 0 Å². The molecule has 0 unspecified atom stereocenters. The molecule has 0 radical (unpaired) electrons. The standard InChI is InChI=1S/C14H12BrNO3S/c15-12-6-5-11(20-12)10(17)7-16-13(18)8-3-1-2-4-9(8)14(16)19/h1-2,5-6,8-9H,3-4,7H2/t8-,9-/m1/s1. The fraction of sp³-hybridized carbons (Fsp3) is 0.357. The minimum Gasteiger partial charge on any atom is -0.291 e. The SMILES string of the molecule is O=C(CN1C(=O)[C@@H]2CC=CC[C@H]2C1=O)c1ccc(Br)s1. The van der Waals surface area contributed by atoms with E-state index in [1.54, 1.807) is 12.1 Å². The number of hydrogen-bond acceptors (Lipinski definition) is 4. The Kier molecular flexibility index (Phi) is 3.60. The van der Waals surface area contributed by atoms with Crippen molar-refractivity contribution in [1.29, 1.82) is 0 Å². The largest absolute Gasteiger partial charge is 0.291 e. The summed E-state index contributed by atoms with van der Waals surface area (Å²) >= 11 is 4.61. The van der Waals surface area contributed by atoms with Crippen molar-refractivity contribution in [1.82, 2.24) is 4.90 Å². The molecule has 0 saturated carbocycles. The van der Waals surface area contributed by atoms with Gasteiger partial charge in [0.05, 0.1) is 27.0 Å². The average Bonchev–Trinajstić information content (AvgIpc) is 2.98. The van der Waals surface area contributed by atoms with Crippen LogP contribution in [0, 0.1) is 11.8 Å². The molecule has 1 aliphatic heterocycles. The molecule has 0 bridgehead atoms. The summed E-state index contributed by atoms with van der Waals surface area (Å²) in [7, 11) is 0. The lowest BCUT2D eigenvalue weighted by Gasteiger charge is -2.14. The second kappa shape index (κ2) is 5.26. The Labute approximate surface area is 128 Å². The van der Waals surface area contributed by atoms with Crippen LogP contribution in [0.25, 0.3) is 0 Å². The normalized spacial score (nSPS) is 25.1. The number of halogens is 1. The van der Waals surface area contributed by atoms with E-state index < -0.39 is 0 Å². The van der Waals surface area contributed by atoms with E-state index in [2.05, 4.69) is 15.9 Å². The average molecular weight is 354 g/mol. The number of thiophene rings is 1. The molecule has 1 fully saturated rings. The van der Waals surface area contributed by atoms with Crippen molar-refractivity contribution in [2.75, 3.05) is 6.54 Å². The quantitative estimate of drug-likeness (QED) is 0.476. The molecular weight excluding hydrogens is 342 g/mol. The Morgan fingerprint density at radius 3 is 2.30 bits per heavy atom. The van der Waals surface area contributed by atoms with Crippen molar-refractivity contribution in [2.24, 2.45) is 11.8 Å². The zero-order valence-corrected chi connectivity index (χ0v) is 12.9. The Hall–Kier alpha value is -1.27. The van der Waals surface area contributed by atoms with Crippen LogP contribution in [-0.2, 0) is 9.59 Å². The first-order chi connectivity index (χ1) is 9.58. The van der Waals surface area contributed by atoms with E-state index >= 15 is 0 Å². The first-order valence-electron chi connectivity index (χ1n) is 6.36. The molecule has 1 saturated heterocycles. The van der Waals surface area contributed by atoms with Crippen molar-refractivity contribution in [3.05, 3.63) is 32.9 Å². The number of likely N-dealkylation sites (tertiary alicyclic amines) is 1. The van der Waals surface area contributed by atoms with Crippen LogP contribution in [0.2, 0.25) is 0 Å². The summed E-state index contributed by atoms with van der Waals surface area (Å²) in [5.41, 5.74) is 0. The number of carbonyl (C=O) groups is 3. The van der Waals surface area contributed by atoms with Gasteiger partial charge in [0.25, 0.3) is 0 Å². The zero-order valence-electron chi connectivity index (χ0n) is 10.5.